The maximum Gasteiger partial charge on any atom is 0.155 e. The van der Waals surface area contributed by atoms with E-state index in [0.717, 1.165) is 21.4 Å². The number of rotatable bonds is 5. The largest absolute Gasteiger partial charge is 0.387 e. The van der Waals surface area contributed by atoms with Gasteiger partial charge in [-0.3, -0.25) is 9.38 Å². The number of hydrogen-bond acceptors (Lipinski definition) is 4. The van der Waals surface area contributed by atoms with Crippen molar-refractivity contribution in [2.45, 2.75) is 12.6 Å². The van der Waals surface area contributed by atoms with Gasteiger partial charge in [0.05, 0.1) is 24.2 Å². The van der Waals surface area contributed by atoms with Crippen LogP contribution in [0, 0.1) is 0 Å². The molecular weight excluding hydrogens is 332 g/mol. The third-order valence-electron chi connectivity index (χ3n) is 3.27. The number of aromatic nitrogens is 3. The highest BCUT2D eigenvalue weighted by Gasteiger charge is 2.08. The van der Waals surface area contributed by atoms with Gasteiger partial charge in [-0.25, -0.2) is 4.98 Å². The van der Waals surface area contributed by atoms with E-state index in [1.807, 2.05) is 41.1 Å². The van der Waals surface area contributed by atoms with Crippen LogP contribution in [0.25, 0.3) is 5.65 Å². The van der Waals surface area contributed by atoms with Crippen LogP contribution in [0.4, 0.5) is 0 Å². The van der Waals surface area contributed by atoms with Crippen molar-refractivity contribution in [1.82, 2.24) is 19.7 Å². The van der Waals surface area contributed by atoms with E-state index in [0.29, 0.717) is 13.1 Å². The monoisotopic (exact) mass is 346 g/mol. The van der Waals surface area contributed by atoms with Crippen LogP contribution in [0.15, 0.2) is 53.5 Å². The van der Waals surface area contributed by atoms with E-state index < -0.39 is 6.10 Å². The zero-order chi connectivity index (χ0) is 14.7. The summed E-state index contributed by atoms with van der Waals surface area (Å²) in [6.07, 6.45) is 6.61. The fraction of sp³-hybridized carbons (Fsp3) is 0.200. The molecule has 0 aliphatic rings. The van der Waals surface area contributed by atoms with Crippen molar-refractivity contribution in [2.24, 2.45) is 0 Å². The van der Waals surface area contributed by atoms with Crippen molar-refractivity contribution in [3.8, 4) is 0 Å². The predicted molar refractivity (Wildman–Crippen MR) is 83.8 cm³/mol. The van der Waals surface area contributed by atoms with Crippen molar-refractivity contribution in [3.63, 3.8) is 0 Å². The highest BCUT2D eigenvalue weighted by atomic mass is 79.9. The summed E-state index contributed by atoms with van der Waals surface area (Å²) >= 11 is 3.41. The van der Waals surface area contributed by atoms with Gasteiger partial charge < -0.3 is 10.4 Å². The quantitative estimate of drug-likeness (QED) is 0.744. The first kappa shape index (κ1) is 14.2. The number of nitrogens with zero attached hydrogens (tertiary/aromatic N) is 3. The van der Waals surface area contributed by atoms with Gasteiger partial charge in [0, 0.05) is 30.0 Å². The van der Waals surface area contributed by atoms with Gasteiger partial charge >= 0.3 is 0 Å². The van der Waals surface area contributed by atoms with Gasteiger partial charge in [0.25, 0.3) is 0 Å². The lowest BCUT2D eigenvalue weighted by Gasteiger charge is -2.12. The first-order valence-corrected chi connectivity index (χ1v) is 7.43. The molecule has 0 amide bonds. The molecule has 3 rings (SSSR count). The minimum atomic E-state index is -0.539. The Kier molecular flexibility index (Phi) is 4.28. The van der Waals surface area contributed by atoms with Crippen molar-refractivity contribution in [2.75, 3.05) is 6.54 Å². The normalized spacial score (nSPS) is 12.7. The van der Waals surface area contributed by atoms with Crippen molar-refractivity contribution in [1.29, 1.82) is 0 Å². The smallest absolute Gasteiger partial charge is 0.155 e. The highest BCUT2D eigenvalue weighted by molar-refractivity contribution is 9.10. The van der Waals surface area contributed by atoms with Crippen molar-refractivity contribution < 1.29 is 5.11 Å². The average molecular weight is 347 g/mol. The fourth-order valence-electron chi connectivity index (χ4n) is 2.19. The number of benzene rings is 1. The van der Waals surface area contributed by atoms with Crippen LogP contribution in [0.3, 0.4) is 0 Å². The lowest BCUT2D eigenvalue weighted by Crippen LogP contribution is -2.21. The summed E-state index contributed by atoms with van der Waals surface area (Å²) in [5, 5.41) is 13.4. The third-order valence-corrected chi connectivity index (χ3v) is 3.76. The zero-order valence-corrected chi connectivity index (χ0v) is 12.9. The lowest BCUT2D eigenvalue weighted by atomic mass is 10.1. The summed E-state index contributed by atoms with van der Waals surface area (Å²) in [4.78, 5) is 8.31. The Morgan fingerprint density at radius 1 is 1.33 bits per heavy atom. The predicted octanol–water partition coefficient (Wildman–Crippen LogP) is 2.32. The molecule has 6 heteroatoms. The molecule has 3 aromatic rings. The number of aliphatic hydroxyl groups excluding tert-OH is 1. The van der Waals surface area contributed by atoms with Crippen LogP contribution in [0.2, 0.25) is 0 Å². The van der Waals surface area contributed by atoms with Crippen molar-refractivity contribution in [3.05, 3.63) is 64.8 Å². The standard InChI is InChI=1S/C15H15BrN4O/c16-12-3-1-2-11(6-12)14(21)9-18-7-13-8-19-15-10-17-4-5-20(13)15/h1-6,8,10,14,18,21H,7,9H2/t14-/m1/s1. The second-order valence-corrected chi connectivity index (χ2v) is 5.67. The first-order chi connectivity index (χ1) is 10.2. The maximum absolute atomic E-state index is 10.2. The van der Waals surface area contributed by atoms with Crippen LogP contribution < -0.4 is 5.32 Å². The molecule has 21 heavy (non-hydrogen) atoms. The Balaban J connectivity index is 1.61. The number of nitrogens with one attached hydrogen (secondary N) is 1. The van der Waals surface area contributed by atoms with Gasteiger partial charge in [-0.1, -0.05) is 28.1 Å². The zero-order valence-electron chi connectivity index (χ0n) is 11.3. The van der Waals surface area contributed by atoms with Crippen molar-refractivity contribution >= 4 is 21.6 Å². The van der Waals surface area contributed by atoms with Gasteiger partial charge in [0.1, 0.15) is 0 Å². The van der Waals surface area contributed by atoms with Gasteiger partial charge in [0.15, 0.2) is 5.65 Å². The van der Waals surface area contributed by atoms with Crippen LogP contribution in [0.1, 0.15) is 17.4 Å². The van der Waals surface area contributed by atoms with Gasteiger partial charge in [-0.15, -0.1) is 0 Å². The van der Waals surface area contributed by atoms with Crippen LogP contribution in [-0.2, 0) is 6.54 Å². The van der Waals surface area contributed by atoms with Gasteiger partial charge in [0.2, 0.25) is 0 Å². The molecule has 0 spiro atoms. The molecule has 5 nitrogen and oxygen atoms in total. The Morgan fingerprint density at radius 2 is 2.24 bits per heavy atom. The average Bonchev–Trinajstić information content (AvgIpc) is 2.91. The van der Waals surface area contributed by atoms with Crippen LogP contribution >= 0.6 is 15.9 Å². The third kappa shape index (κ3) is 3.29. The summed E-state index contributed by atoms with van der Waals surface area (Å²) in [6, 6.07) is 7.69. The molecule has 0 aliphatic heterocycles. The first-order valence-electron chi connectivity index (χ1n) is 6.64. The summed E-state index contributed by atoms with van der Waals surface area (Å²) in [6.45, 7) is 1.12. The Bertz CT molecular complexity index is 743. The molecule has 0 bridgehead atoms. The number of fused-ring (bicyclic) bond motifs is 1. The number of halogens is 1. The van der Waals surface area contributed by atoms with E-state index in [1.54, 1.807) is 12.4 Å². The van der Waals surface area contributed by atoms with Crippen LogP contribution in [-0.4, -0.2) is 26.0 Å². The molecule has 1 aromatic carbocycles. The molecule has 2 aromatic heterocycles. The molecule has 2 N–H and O–H groups in total. The fourth-order valence-corrected chi connectivity index (χ4v) is 2.61. The van der Waals surface area contributed by atoms with E-state index in [2.05, 4.69) is 31.2 Å². The molecule has 0 aliphatic carbocycles. The molecular formula is C15H15BrN4O. The highest BCUT2D eigenvalue weighted by Crippen LogP contribution is 2.17. The molecule has 0 radical (unpaired) electrons. The van der Waals surface area contributed by atoms with E-state index in [-0.39, 0.29) is 0 Å². The Morgan fingerprint density at radius 3 is 3.10 bits per heavy atom. The minimum absolute atomic E-state index is 0.481. The second-order valence-electron chi connectivity index (χ2n) is 4.76. The Labute approximate surface area is 130 Å². The maximum atomic E-state index is 10.2. The Hall–Kier alpha value is -1.76. The second kappa shape index (κ2) is 6.34. The molecule has 1 atom stereocenters. The summed E-state index contributed by atoms with van der Waals surface area (Å²) in [5.41, 5.74) is 2.75. The van der Waals surface area contributed by atoms with Gasteiger partial charge in [-0.2, -0.15) is 0 Å². The SMILES string of the molecule is O[C@H](CNCc1cnc2cnccn12)c1cccc(Br)c1. The number of hydrogen-bond donors (Lipinski definition) is 2. The van der Waals surface area contributed by atoms with E-state index in [4.69, 9.17) is 0 Å². The summed E-state index contributed by atoms with van der Waals surface area (Å²) < 4.78 is 2.94. The van der Waals surface area contributed by atoms with Crippen LogP contribution in [0.5, 0.6) is 0 Å². The molecule has 0 unspecified atom stereocenters. The van der Waals surface area contributed by atoms with E-state index in [9.17, 15) is 5.11 Å². The van der Waals surface area contributed by atoms with E-state index >= 15 is 0 Å². The number of imidazole rings is 1. The molecule has 0 saturated heterocycles. The molecule has 0 saturated carbocycles. The lowest BCUT2D eigenvalue weighted by molar-refractivity contribution is 0.174. The van der Waals surface area contributed by atoms with Gasteiger partial charge in [-0.05, 0) is 17.7 Å². The number of aliphatic hydroxyl groups is 1. The van der Waals surface area contributed by atoms with E-state index in [1.165, 1.54) is 0 Å². The summed E-state index contributed by atoms with van der Waals surface area (Å²) in [7, 11) is 0. The molecule has 0 fully saturated rings. The molecule has 2 heterocycles. The topological polar surface area (TPSA) is 62.5 Å². The minimum Gasteiger partial charge on any atom is -0.387 e. The molecule has 108 valence electrons. The summed E-state index contributed by atoms with van der Waals surface area (Å²) in [5.74, 6) is 0.